The van der Waals surface area contributed by atoms with Gasteiger partial charge in [0.2, 0.25) is 17.9 Å². The number of nitrogens with two attached hydrogens (primary N) is 2. The molecule has 0 unspecified atom stereocenters. The Bertz CT molecular complexity index is 661. The van der Waals surface area contributed by atoms with Crippen LogP contribution in [0, 0.1) is 5.41 Å². The third-order valence-electron chi connectivity index (χ3n) is 1.89. The van der Waals surface area contributed by atoms with Gasteiger partial charge in [-0.05, 0) is 10.6 Å². The maximum Gasteiger partial charge on any atom is 0.273 e. The molecular formula is C6H8N14. The summed E-state index contributed by atoms with van der Waals surface area (Å²) in [4.78, 5) is 10.1. The van der Waals surface area contributed by atoms with Crippen LogP contribution in [-0.2, 0) is 0 Å². The first-order valence-electron chi connectivity index (χ1n) is 4.94. The van der Waals surface area contributed by atoms with E-state index in [1.54, 1.807) is 0 Å². The van der Waals surface area contributed by atoms with E-state index in [-0.39, 0.29) is 29.6 Å². The summed E-state index contributed by atoms with van der Waals surface area (Å²) in [5.41, 5.74) is 15.9. The summed E-state index contributed by atoms with van der Waals surface area (Å²) in [6, 6.07) is 0. The number of guanidine groups is 1. The van der Waals surface area contributed by atoms with E-state index in [0.717, 1.165) is 4.68 Å². The molecule has 7 N–H and O–H groups in total. The molecule has 2 heterocycles. The van der Waals surface area contributed by atoms with Crippen LogP contribution in [0.3, 0.4) is 0 Å². The third kappa shape index (κ3) is 2.66. The molecule has 14 heteroatoms. The smallest absolute Gasteiger partial charge is 0.273 e. The van der Waals surface area contributed by atoms with Crippen molar-refractivity contribution in [1.82, 2.24) is 35.4 Å². The molecule has 0 spiro atoms. The van der Waals surface area contributed by atoms with Gasteiger partial charge in [-0.25, -0.2) is 10.8 Å². The molecule has 0 saturated heterocycles. The van der Waals surface area contributed by atoms with Crippen LogP contribution in [0.2, 0.25) is 0 Å². The standard InChI is InChI=1S/C6H8N14/c7-3(14-9)12-2-1-11-6(17-15-2)20-4(8)13-5(18-20)16-19-10/h1H,9H2,(H2,8,13,18)(H3,7,12,14,15). The minimum atomic E-state index is -0.181. The number of nitrogen functional groups attached to an aromatic ring is 1. The van der Waals surface area contributed by atoms with Gasteiger partial charge in [0.15, 0.2) is 5.82 Å². The summed E-state index contributed by atoms with van der Waals surface area (Å²) >= 11 is 0. The van der Waals surface area contributed by atoms with Crippen LogP contribution >= 0.6 is 0 Å². The second-order valence-electron chi connectivity index (χ2n) is 3.16. The first-order valence-corrected chi connectivity index (χ1v) is 4.94. The maximum atomic E-state index is 8.27. The summed E-state index contributed by atoms with van der Waals surface area (Å²) in [6.45, 7) is 0. The van der Waals surface area contributed by atoms with Gasteiger partial charge in [0.25, 0.3) is 5.95 Å². The van der Waals surface area contributed by atoms with E-state index in [1.807, 2.05) is 0 Å². The zero-order valence-electron chi connectivity index (χ0n) is 9.76. The van der Waals surface area contributed by atoms with Gasteiger partial charge in [-0.1, -0.05) is 0 Å². The molecule has 14 nitrogen and oxygen atoms in total. The minimum Gasteiger partial charge on any atom is -0.368 e. The van der Waals surface area contributed by atoms with E-state index < -0.39 is 0 Å². The zero-order valence-corrected chi connectivity index (χ0v) is 9.76. The first kappa shape index (κ1) is 12.9. The fourth-order valence-corrected chi connectivity index (χ4v) is 1.13. The van der Waals surface area contributed by atoms with E-state index in [4.69, 9.17) is 22.5 Å². The molecule has 0 bridgehead atoms. The molecule has 0 aromatic carbocycles. The van der Waals surface area contributed by atoms with Crippen molar-refractivity contribution in [3.8, 4) is 5.95 Å². The van der Waals surface area contributed by atoms with Crippen LogP contribution in [0.4, 0.5) is 17.7 Å². The van der Waals surface area contributed by atoms with E-state index in [2.05, 4.69) is 46.0 Å². The molecule has 102 valence electrons. The van der Waals surface area contributed by atoms with Crippen LogP contribution in [0.25, 0.3) is 16.4 Å². The molecule has 0 atom stereocenters. The Morgan fingerprint density at radius 2 is 2.30 bits per heavy atom. The van der Waals surface area contributed by atoms with E-state index in [0.29, 0.717) is 0 Å². The quantitative estimate of drug-likeness (QED) is 0.0861. The average Bonchev–Trinajstić information content (AvgIpc) is 2.81. The van der Waals surface area contributed by atoms with Crippen molar-refractivity contribution in [2.75, 3.05) is 11.1 Å². The summed E-state index contributed by atoms with van der Waals surface area (Å²) < 4.78 is 1.05. The van der Waals surface area contributed by atoms with Gasteiger partial charge in [-0.2, -0.15) is 9.67 Å². The van der Waals surface area contributed by atoms with E-state index >= 15 is 0 Å². The number of anilines is 2. The molecule has 0 radical (unpaired) electrons. The van der Waals surface area contributed by atoms with E-state index in [9.17, 15) is 0 Å². The summed E-state index contributed by atoms with van der Waals surface area (Å²) in [5.74, 6) is 4.81. The Balaban J connectivity index is 2.25. The van der Waals surface area contributed by atoms with Crippen molar-refractivity contribution < 1.29 is 0 Å². The molecule has 2 aromatic rings. The Hall–Kier alpha value is -3.51. The molecule has 0 fully saturated rings. The van der Waals surface area contributed by atoms with Crippen molar-refractivity contribution in [1.29, 1.82) is 5.41 Å². The second-order valence-corrected chi connectivity index (χ2v) is 3.16. The lowest BCUT2D eigenvalue weighted by molar-refractivity contribution is 0.782. The number of hydrogen-bond acceptors (Lipinski definition) is 9. The molecule has 0 amide bonds. The normalized spacial score (nSPS) is 9.65. The Kier molecular flexibility index (Phi) is 3.51. The largest absolute Gasteiger partial charge is 0.368 e. The number of nitrogens with zero attached hydrogens (tertiary/aromatic N) is 9. The van der Waals surface area contributed by atoms with Crippen molar-refractivity contribution in [3.63, 3.8) is 0 Å². The average molecular weight is 276 g/mol. The minimum absolute atomic E-state index is 0.0205. The summed E-state index contributed by atoms with van der Waals surface area (Å²) in [6.07, 6.45) is 1.28. The lowest BCUT2D eigenvalue weighted by Crippen LogP contribution is -2.35. The monoisotopic (exact) mass is 276 g/mol. The number of nitrogens with one attached hydrogen (secondary N) is 3. The number of rotatable bonds is 3. The maximum absolute atomic E-state index is 8.27. The van der Waals surface area contributed by atoms with Gasteiger partial charge in [-0.15, -0.1) is 15.3 Å². The molecule has 0 aliphatic carbocycles. The van der Waals surface area contributed by atoms with Crippen molar-refractivity contribution >= 4 is 23.7 Å². The highest BCUT2D eigenvalue weighted by Gasteiger charge is 2.10. The number of aromatic nitrogens is 6. The highest BCUT2D eigenvalue weighted by molar-refractivity contribution is 5.89. The fourth-order valence-electron chi connectivity index (χ4n) is 1.13. The van der Waals surface area contributed by atoms with Gasteiger partial charge >= 0.3 is 0 Å². The summed E-state index contributed by atoms with van der Waals surface area (Å²) in [5, 5.41) is 24.2. The third-order valence-corrected chi connectivity index (χ3v) is 1.89. The second kappa shape index (κ2) is 5.42. The zero-order chi connectivity index (χ0) is 14.5. The Morgan fingerprint density at radius 3 is 2.90 bits per heavy atom. The molecule has 0 aliphatic heterocycles. The molecule has 0 saturated carbocycles. The van der Waals surface area contributed by atoms with Crippen LogP contribution < -0.4 is 22.3 Å². The van der Waals surface area contributed by atoms with Gasteiger partial charge in [-0.3, -0.25) is 10.8 Å². The molecule has 2 rings (SSSR count). The Labute approximate surface area is 110 Å². The van der Waals surface area contributed by atoms with Crippen LogP contribution in [0.5, 0.6) is 0 Å². The lowest BCUT2D eigenvalue weighted by atomic mass is 10.7. The predicted octanol–water partition coefficient (Wildman–Crippen LogP) is -1.21. The van der Waals surface area contributed by atoms with Crippen molar-refractivity contribution in [2.24, 2.45) is 11.0 Å². The predicted molar refractivity (Wildman–Crippen MR) is 66.6 cm³/mol. The van der Waals surface area contributed by atoms with Gasteiger partial charge < -0.3 is 11.1 Å². The summed E-state index contributed by atoms with van der Waals surface area (Å²) in [7, 11) is 0. The van der Waals surface area contributed by atoms with Crippen molar-refractivity contribution in [2.45, 2.75) is 0 Å². The van der Waals surface area contributed by atoms with Crippen molar-refractivity contribution in [3.05, 3.63) is 16.6 Å². The van der Waals surface area contributed by atoms with Crippen LogP contribution in [0.1, 0.15) is 0 Å². The first-order chi connectivity index (χ1) is 9.63. The lowest BCUT2D eigenvalue weighted by Gasteiger charge is -2.05. The SMILES string of the molecule is [N-]=[N+]=Nc1nc(N)n(-c2ncc(NC(=N)NN)nn2)n1. The van der Waals surface area contributed by atoms with Gasteiger partial charge in [0, 0.05) is 4.91 Å². The molecule has 2 aromatic heterocycles. The topological polar surface area (TPSA) is 218 Å². The van der Waals surface area contributed by atoms with Gasteiger partial charge in [0.05, 0.1) is 6.20 Å². The number of hydrogen-bond donors (Lipinski definition) is 5. The van der Waals surface area contributed by atoms with E-state index in [1.165, 1.54) is 6.20 Å². The number of azide groups is 1. The Morgan fingerprint density at radius 1 is 1.50 bits per heavy atom. The van der Waals surface area contributed by atoms with Crippen LogP contribution in [-0.4, -0.2) is 35.9 Å². The highest BCUT2D eigenvalue weighted by atomic mass is 15.5. The highest BCUT2D eigenvalue weighted by Crippen LogP contribution is 2.12. The van der Waals surface area contributed by atoms with Crippen LogP contribution in [0.15, 0.2) is 11.3 Å². The molecule has 0 aliphatic rings. The molecular weight excluding hydrogens is 268 g/mol. The molecule has 20 heavy (non-hydrogen) atoms. The van der Waals surface area contributed by atoms with Gasteiger partial charge in [0.1, 0.15) is 0 Å². The fraction of sp³-hybridized carbons (Fsp3) is 0. The number of hydrazine groups is 1.